The first-order valence-corrected chi connectivity index (χ1v) is 8.08. The van der Waals surface area contributed by atoms with E-state index in [0.717, 1.165) is 36.7 Å². The van der Waals surface area contributed by atoms with Crippen molar-refractivity contribution in [3.8, 4) is 11.5 Å². The smallest absolute Gasteiger partial charge is 0.236 e. The second-order valence-corrected chi connectivity index (χ2v) is 5.93. The van der Waals surface area contributed by atoms with E-state index in [0.29, 0.717) is 18.9 Å². The molecule has 0 saturated carbocycles. The van der Waals surface area contributed by atoms with E-state index >= 15 is 0 Å². The number of nitrogens with one attached hydrogen (secondary N) is 1. The molecule has 1 aromatic carbocycles. The summed E-state index contributed by atoms with van der Waals surface area (Å²) in [6.07, 6.45) is 1.70. The van der Waals surface area contributed by atoms with Crippen LogP contribution in [0.1, 0.15) is 19.8 Å². The van der Waals surface area contributed by atoms with Gasteiger partial charge in [-0.15, -0.1) is 0 Å². The number of carbonyl (C=O) groups excluding carboxylic acids is 1. The maximum Gasteiger partial charge on any atom is 0.236 e. The first kappa shape index (κ1) is 17.4. The molecule has 1 heterocycles. The highest BCUT2D eigenvalue weighted by Crippen LogP contribution is 2.31. The molecule has 1 aromatic rings. The lowest BCUT2D eigenvalue weighted by atomic mass is 10.1. The summed E-state index contributed by atoms with van der Waals surface area (Å²) in [6, 6.07) is 5.48. The van der Waals surface area contributed by atoms with Crippen LogP contribution in [0.25, 0.3) is 0 Å². The lowest BCUT2D eigenvalue weighted by Crippen LogP contribution is -2.42. The second kappa shape index (κ2) is 8.06. The fraction of sp³-hybridized carbons (Fsp3) is 0.588. The number of methoxy groups -OCH3 is 2. The predicted octanol–water partition coefficient (Wildman–Crippen LogP) is 1.38. The molecule has 0 spiro atoms. The van der Waals surface area contributed by atoms with E-state index in [2.05, 4.69) is 10.2 Å². The number of nitrogens with zero attached hydrogens (tertiary/aromatic N) is 1. The zero-order chi connectivity index (χ0) is 16.8. The predicted molar refractivity (Wildman–Crippen MR) is 91.1 cm³/mol. The average molecular weight is 321 g/mol. The van der Waals surface area contributed by atoms with Crippen molar-refractivity contribution < 1.29 is 14.3 Å². The molecular weight excluding hydrogens is 294 g/mol. The third kappa shape index (κ3) is 4.51. The van der Waals surface area contributed by atoms with Gasteiger partial charge in [0, 0.05) is 43.5 Å². The van der Waals surface area contributed by atoms with Crippen molar-refractivity contribution in [3.05, 3.63) is 18.2 Å². The fourth-order valence-electron chi connectivity index (χ4n) is 2.77. The highest BCUT2D eigenvalue weighted by Gasteiger charge is 2.24. The van der Waals surface area contributed by atoms with Crippen molar-refractivity contribution in [2.24, 2.45) is 11.7 Å². The van der Waals surface area contributed by atoms with Crippen molar-refractivity contribution in [3.63, 3.8) is 0 Å². The Bertz CT molecular complexity index is 514. The topological polar surface area (TPSA) is 76.8 Å². The fourth-order valence-corrected chi connectivity index (χ4v) is 2.77. The Kier molecular flexibility index (Phi) is 6.10. The molecule has 1 aliphatic rings. The van der Waals surface area contributed by atoms with Crippen LogP contribution < -0.4 is 25.4 Å². The van der Waals surface area contributed by atoms with Crippen LogP contribution in [0.2, 0.25) is 0 Å². The molecule has 0 radical (unpaired) electrons. The lowest BCUT2D eigenvalue weighted by molar-refractivity contribution is -0.122. The van der Waals surface area contributed by atoms with E-state index in [9.17, 15) is 4.79 Å². The summed E-state index contributed by atoms with van der Waals surface area (Å²) in [6.45, 7) is 4.44. The minimum Gasteiger partial charge on any atom is -0.497 e. The van der Waals surface area contributed by atoms with Gasteiger partial charge in [-0.05, 0) is 18.8 Å². The van der Waals surface area contributed by atoms with Crippen LogP contribution >= 0.6 is 0 Å². The SMILES string of the molecule is CC[C@H](N)C(=O)NCC1CCN(c2cc(OC)cc(OC)c2)C1. The van der Waals surface area contributed by atoms with E-state index < -0.39 is 6.04 Å². The molecule has 1 amide bonds. The number of hydrogen-bond acceptors (Lipinski definition) is 5. The zero-order valence-corrected chi connectivity index (χ0v) is 14.2. The molecule has 128 valence electrons. The molecule has 23 heavy (non-hydrogen) atoms. The normalized spacial score (nSPS) is 18.6. The Labute approximate surface area is 137 Å². The Morgan fingerprint density at radius 2 is 2.00 bits per heavy atom. The Morgan fingerprint density at radius 3 is 2.57 bits per heavy atom. The summed E-state index contributed by atoms with van der Waals surface area (Å²) >= 11 is 0. The van der Waals surface area contributed by atoms with Gasteiger partial charge < -0.3 is 25.4 Å². The van der Waals surface area contributed by atoms with Crippen molar-refractivity contribution in [1.29, 1.82) is 0 Å². The first-order chi connectivity index (χ1) is 11.1. The number of anilines is 1. The van der Waals surface area contributed by atoms with Gasteiger partial charge in [-0.2, -0.15) is 0 Å². The van der Waals surface area contributed by atoms with Crippen LogP contribution in [0.5, 0.6) is 11.5 Å². The van der Waals surface area contributed by atoms with E-state index in [4.69, 9.17) is 15.2 Å². The molecule has 0 aromatic heterocycles. The van der Waals surface area contributed by atoms with Crippen molar-refractivity contribution in [2.75, 3.05) is 38.8 Å². The van der Waals surface area contributed by atoms with Crippen LogP contribution in [0.15, 0.2) is 18.2 Å². The largest absolute Gasteiger partial charge is 0.497 e. The summed E-state index contributed by atoms with van der Waals surface area (Å²) in [5.74, 6) is 1.93. The van der Waals surface area contributed by atoms with Gasteiger partial charge in [0.25, 0.3) is 0 Å². The van der Waals surface area contributed by atoms with Gasteiger partial charge in [0.05, 0.1) is 20.3 Å². The van der Waals surface area contributed by atoms with Crippen LogP contribution in [0.3, 0.4) is 0 Å². The summed E-state index contributed by atoms with van der Waals surface area (Å²) < 4.78 is 10.6. The summed E-state index contributed by atoms with van der Waals surface area (Å²) in [5, 5.41) is 2.95. The van der Waals surface area contributed by atoms with Crippen molar-refractivity contribution in [2.45, 2.75) is 25.8 Å². The molecule has 1 aliphatic heterocycles. The van der Waals surface area contributed by atoms with Gasteiger partial charge in [-0.3, -0.25) is 4.79 Å². The Balaban J connectivity index is 1.93. The van der Waals surface area contributed by atoms with Gasteiger partial charge in [-0.25, -0.2) is 0 Å². The van der Waals surface area contributed by atoms with Gasteiger partial charge in [0.2, 0.25) is 5.91 Å². The molecule has 2 rings (SSSR count). The molecule has 1 fully saturated rings. The maximum atomic E-state index is 11.8. The number of carbonyl (C=O) groups is 1. The minimum absolute atomic E-state index is 0.0611. The highest BCUT2D eigenvalue weighted by molar-refractivity contribution is 5.81. The van der Waals surface area contributed by atoms with Crippen LogP contribution in [0, 0.1) is 5.92 Å². The third-order valence-electron chi connectivity index (χ3n) is 4.33. The number of nitrogens with two attached hydrogens (primary N) is 1. The molecule has 0 aliphatic carbocycles. The molecule has 2 atom stereocenters. The van der Waals surface area contributed by atoms with Crippen LogP contribution in [-0.2, 0) is 4.79 Å². The monoisotopic (exact) mass is 321 g/mol. The van der Waals surface area contributed by atoms with Crippen molar-refractivity contribution >= 4 is 11.6 Å². The summed E-state index contributed by atoms with van der Waals surface area (Å²) in [7, 11) is 3.30. The van der Waals surface area contributed by atoms with Gasteiger partial charge >= 0.3 is 0 Å². The molecule has 3 N–H and O–H groups in total. The Morgan fingerprint density at radius 1 is 1.35 bits per heavy atom. The number of hydrogen-bond donors (Lipinski definition) is 2. The second-order valence-electron chi connectivity index (χ2n) is 5.93. The first-order valence-electron chi connectivity index (χ1n) is 8.08. The molecule has 6 nitrogen and oxygen atoms in total. The molecule has 6 heteroatoms. The van der Waals surface area contributed by atoms with Crippen LogP contribution in [0.4, 0.5) is 5.69 Å². The average Bonchev–Trinajstić information content (AvgIpc) is 3.07. The number of benzene rings is 1. The van der Waals surface area contributed by atoms with E-state index in [-0.39, 0.29) is 5.91 Å². The zero-order valence-electron chi connectivity index (χ0n) is 14.2. The Hall–Kier alpha value is -1.95. The number of amides is 1. The molecule has 0 bridgehead atoms. The van der Waals surface area contributed by atoms with E-state index in [1.165, 1.54) is 0 Å². The number of rotatable bonds is 7. The van der Waals surface area contributed by atoms with E-state index in [1.807, 2.05) is 25.1 Å². The third-order valence-corrected chi connectivity index (χ3v) is 4.33. The maximum absolute atomic E-state index is 11.8. The minimum atomic E-state index is -0.407. The van der Waals surface area contributed by atoms with Gasteiger partial charge in [0.1, 0.15) is 11.5 Å². The highest BCUT2D eigenvalue weighted by atomic mass is 16.5. The summed E-state index contributed by atoms with van der Waals surface area (Å²) in [5.41, 5.74) is 6.82. The standard InChI is InChI=1S/C17H27N3O3/c1-4-16(18)17(21)19-10-12-5-6-20(11-12)13-7-14(22-2)9-15(8-13)23-3/h7-9,12,16H,4-6,10-11,18H2,1-3H3,(H,19,21)/t12?,16-/m0/s1. The van der Waals surface area contributed by atoms with E-state index in [1.54, 1.807) is 14.2 Å². The molecule has 1 unspecified atom stereocenters. The molecule has 1 saturated heterocycles. The summed E-state index contributed by atoms with van der Waals surface area (Å²) in [4.78, 5) is 14.1. The van der Waals surface area contributed by atoms with Gasteiger partial charge in [-0.1, -0.05) is 6.92 Å². The van der Waals surface area contributed by atoms with Gasteiger partial charge in [0.15, 0.2) is 0 Å². The van der Waals surface area contributed by atoms with Crippen molar-refractivity contribution in [1.82, 2.24) is 5.32 Å². The quantitative estimate of drug-likeness (QED) is 0.793. The lowest BCUT2D eigenvalue weighted by Gasteiger charge is -2.20. The number of ether oxygens (including phenoxy) is 2. The van der Waals surface area contributed by atoms with Crippen LogP contribution in [-0.4, -0.2) is 45.8 Å². The molecular formula is C17H27N3O3.